The van der Waals surface area contributed by atoms with Crippen molar-refractivity contribution in [1.29, 1.82) is 0 Å². The molecule has 2 heteroatoms. The van der Waals surface area contributed by atoms with Crippen LogP contribution in [-0.4, -0.2) is 12.1 Å². The lowest BCUT2D eigenvalue weighted by atomic mass is 9.79. The van der Waals surface area contributed by atoms with E-state index < -0.39 is 0 Å². The molecule has 0 amide bonds. The molecule has 3 atom stereocenters. The fraction of sp³-hybridized carbons (Fsp3) is 1.00. The molecule has 12 heavy (non-hydrogen) atoms. The number of hydrazine groups is 1. The molecule has 2 rings (SSSR count). The Morgan fingerprint density at radius 2 is 2.00 bits per heavy atom. The molecule has 2 nitrogen and oxygen atoms in total. The lowest BCUT2D eigenvalue weighted by Gasteiger charge is -2.40. The monoisotopic (exact) mass is 168 g/mol. The van der Waals surface area contributed by atoms with Crippen LogP contribution in [0.25, 0.3) is 0 Å². The molecule has 1 saturated heterocycles. The van der Waals surface area contributed by atoms with Crippen LogP contribution in [0.3, 0.4) is 0 Å². The van der Waals surface area contributed by atoms with Crippen molar-refractivity contribution in [3.63, 3.8) is 0 Å². The SMILES string of the molecule is CCC1CC2CCCCC2NN1. The topological polar surface area (TPSA) is 24.1 Å². The minimum Gasteiger partial charge on any atom is -0.255 e. The number of hydrogen-bond donors (Lipinski definition) is 2. The Hall–Kier alpha value is -0.0800. The van der Waals surface area contributed by atoms with Crippen LogP contribution in [0.1, 0.15) is 45.4 Å². The lowest BCUT2D eigenvalue weighted by molar-refractivity contribution is 0.147. The molecule has 1 aliphatic heterocycles. The van der Waals surface area contributed by atoms with E-state index in [0.29, 0.717) is 0 Å². The molecule has 2 aliphatic rings. The van der Waals surface area contributed by atoms with Crippen LogP contribution >= 0.6 is 0 Å². The van der Waals surface area contributed by atoms with Crippen LogP contribution in [-0.2, 0) is 0 Å². The number of rotatable bonds is 1. The van der Waals surface area contributed by atoms with Crippen molar-refractivity contribution >= 4 is 0 Å². The highest BCUT2D eigenvalue weighted by Gasteiger charge is 2.30. The summed E-state index contributed by atoms with van der Waals surface area (Å²) in [6.07, 6.45) is 8.38. The highest BCUT2D eigenvalue weighted by molar-refractivity contribution is 4.87. The smallest absolute Gasteiger partial charge is 0.0241 e. The van der Waals surface area contributed by atoms with Gasteiger partial charge in [-0.3, -0.25) is 10.9 Å². The van der Waals surface area contributed by atoms with E-state index in [9.17, 15) is 0 Å². The maximum atomic E-state index is 3.47. The van der Waals surface area contributed by atoms with Crippen molar-refractivity contribution in [1.82, 2.24) is 10.9 Å². The van der Waals surface area contributed by atoms with Crippen molar-refractivity contribution in [2.24, 2.45) is 5.92 Å². The third-order valence-electron chi connectivity index (χ3n) is 3.46. The third-order valence-corrected chi connectivity index (χ3v) is 3.46. The molecule has 1 aliphatic carbocycles. The maximum absolute atomic E-state index is 3.47. The molecule has 0 radical (unpaired) electrons. The first-order valence-electron chi connectivity index (χ1n) is 5.41. The Kier molecular flexibility index (Phi) is 2.66. The minimum absolute atomic E-state index is 0.726. The fourth-order valence-electron chi connectivity index (χ4n) is 2.60. The van der Waals surface area contributed by atoms with Crippen LogP contribution in [0.15, 0.2) is 0 Å². The zero-order valence-electron chi connectivity index (χ0n) is 7.97. The molecular weight excluding hydrogens is 148 g/mol. The summed E-state index contributed by atoms with van der Waals surface area (Å²) in [4.78, 5) is 0. The van der Waals surface area contributed by atoms with Gasteiger partial charge in [-0.1, -0.05) is 19.8 Å². The standard InChI is InChI=1S/C10H20N2/c1-2-9-7-8-5-3-4-6-10(8)12-11-9/h8-12H,2-7H2,1H3. The van der Waals surface area contributed by atoms with Gasteiger partial charge in [0, 0.05) is 12.1 Å². The molecule has 2 fully saturated rings. The summed E-state index contributed by atoms with van der Waals surface area (Å²) in [7, 11) is 0. The summed E-state index contributed by atoms with van der Waals surface area (Å²) in [6, 6.07) is 1.51. The van der Waals surface area contributed by atoms with Gasteiger partial charge in [-0.15, -0.1) is 0 Å². The van der Waals surface area contributed by atoms with Crippen molar-refractivity contribution in [3.8, 4) is 0 Å². The van der Waals surface area contributed by atoms with Crippen LogP contribution in [0.5, 0.6) is 0 Å². The molecule has 1 saturated carbocycles. The van der Waals surface area contributed by atoms with Gasteiger partial charge in [0.25, 0.3) is 0 Å². The third kappa shape index (κ3) is 1.64. The van der Waals surface area contributed by atoms with Crippen molar-refractivity contribution in [3.05, 3.63) is 0 Å². The van der Waals surface area contributed by atoms with E-state index in [2.05, 4.69) is 17.8 Å². The van der Waals surface area contributed by atoms with Crippen LogP contribution in [0, 0.1) is 5.92 Å². The van der Waals surface area contributed by atoms with E-state index in [1.54, 1.807) is 0 Å². The van der Waals surface area contributed by atoms with Crippen molar-refractivity contribution < 1.29 is 0 Å². The van der Waals surface area contributed by atoms with Gasteiger partial charge in [-0.05, 0) is 31.6 Å². The highest BCUT2D eigenvalue weighted by atomic mass is 15.4. The van der Waals surface area contributed by atoms with E-state index in [4.69, 9.17) is 0 Å². The Labute approximate surface area is 75.1 Å². The first-order chi connectivity index (χ1) is 5.90. The molecular formula is C10H20N2. The highest BCUT2D eigenvalue weighted by Crippen LogP contribution is 2.30. The molecule has 0 spiro atoms. The second-order valence-corrected chi connectivity index (χ2v) is 4.28. The molecule has 0 aromatic carbocycles. The van der Waals surface area contributed by atoms with Gasteiger partial charge in [0.15, 0.2) is 0 Å². The first kappa shape index (κ1) is 8.52. The molecule has 70 valence electrons. The van der Waals surface area contributed by atoms with Gasteiger partial charge in [-0.2, -0.15) is 0 Å². The molecule has 0 aromatic heterocycles. The second-order valence-electron chi connectivity index (χ2n) is 4.28. The number of hydrogen-bond acceptors (Lipinski definition) is 2. The fourth-order valence-corrected chi connectivity index (χ4v) is 2.60. The van der Waals surface area contributed by atoms with Gasteiger partial charge >= 0.3 is 0 Å². The summed E-state index contributed by atoms with van der Waals surface area (Å²) in [6.45, 7) is 2.27. The van der Waals surface area contributed by atoms with E-state index >= 15 is 0 Å². The van der Waals surface area contributed by atoms with Crippen LogP contribution in [0.2, 0.25) is 0 Å². The molecule has 2 N–H and O–H groups in total. The largest absolute Gasteiger partial charge is 0.255 e. The van der Waals surface area contributed by atoms with E-state index in [-0.39, 0.29) is 0 Å². The summed E-state index contributed by atoms with van der Waals surface area (Å²) >= 11 is 0. The summed E-state index contributed by atoms with van der Waals surface area (Å²) in [5.41, 5.74) is 6.89. The predicted molar refractivity (Wildman–Crippen MR) is 50.7 cm³/mol. The van der Waals surface area contributed by atoms with Gasteiger partial charge in [0.2, 0.25) is 0 Å². The summed E-state index contributed by atoms with van der Waals surface area (Å²) in [5, 5.41) is 0. The Bertz CT molecular complexity index is 147. The van der Waals surface area contributed by atoms with Crippen molar-refractivity contribution in [2.45, 2.75) is 57.5 Å². The molecule has 0 bridgehead atoms. The molecule has 3 unspecified atom stereocenters. The number of fused-ring (bicyclic) bond motifs is 1. The first-order valence-corrected chi connectivity index (χ1v) is 5.41. The van der Waals surface area contributed by atoms with Crippen molar-refractivity contribution in [2.75, 3.05) is 0 Å². The molecule has 0 aromatic rings. The molecule has 1 heterocycles. The van der Waals surface area contributed by atoms with Gasteiger partial charge < -0.3 is 0 Å². The van der Waals surface area contributed by atoms with Gasteiger partial charge in [-0.25, -0.2) is 0 Å². The normalized spacial score (nSPS) is 42.2. The number of nitrogens with one attached hydrogen (secondary N) is 2. The van der Waals surface area contributed by atoms with Gasteiger partial charge in [0.05, 0.1) is 0 Å². The average molecular weight is 168 g/mol. The van der Waals surface area contributed by atoms with Crippen LogP contribution in [0.4, 0.5) is 0 Å². The summed E-state index contributed by atoms with van der Waals surface area (Å²) < 4.78 is 0. The zero-order chi connectivity index (χ0) is 8.39. The Balaban J connectivity index is 1.90. The second kappa shape index (κ2) is 3.75. The predicted octanol–water partition coefficient (Wildman–Crippen LogP) is 1.82. The average Bonchev–Trinajstić information content (AvgIpc) is 2.17. The quantitative estimate of drug-likeness (QED) is 0.624. The maximum Gasteiger partial charge on any atom is 0.0241 e. The Morgan fingerprint density at radius 3 is 2.83 bits per heavy atom. The lowest BCUT2D eigenvalue weighted by Crippen LogP contribution is -2.56. The zero-order valence-corrected chi connectivity index (χ0v) is 7.97. The van der Waals surface area contributed by atoms with E-state index in [1.807, 2.05) is 0 Å². The van der Waals surface area contributed by atoms with E-state index in [1.165, 1.54) is 38.5 Å². The van der Waals surface area contributed by atoms with E-state index in [0.717, 1.165) is 18.0 Å². The van der Waals surface area contributed by atoms with Gasteiger partial charge in [0.1, 0.15) is 0 Å². The van der Waals surface area contributed by atoms with Crippen LogP contribution < -0.4 is 10.9 Å². The Morgan fingerprint density at radius 1 is 1.17 bits per heavy atom. The summed E-state index contributed by atoms with van der Waals surface area (Å²) in [5.74, 6) is 0.963. The minimum atomic E-state index is 0.726.